The van der Waals surface area contributed by atoms with Gasteiger partial charge < -0.3 is 15.2 Å². The van der Waals surface area contributed by atoms with E-state index in [1.807, 2.05) is 42.5 Å². The molecule has 0 spiro atoms. The summed E-state index contributed by atoms with van der Waals surface area (Å²) in [5.41, 5.74) is 7.79. The Kier molecular flexibility index (Phi) is 3.27. The number of hydrogen-bond donors (Lipinski definition) is 1. The fourth-order valence-electron chi connectivity index (χ4n) is 2.39. The van der Waals surface area contributed by atoms with Gasteiger partial charge in [-0.3, -0.25) is 0 Å². The molecule has 0 saturated carbocycles. The van der Waals surface area contributed by atoms with E-state index in [0.717, 1.165) is 24.5 Å². The van der Waals surface area contributed by atoms with E-state index in [2.05, 4.69) is 6.07 Å². The van der Waals surface area contributed by atoms with Crippen molar-refractivity contribution in [2.45, 2.75) is 12.3 Å². The van der Waals surface area contributed by atoms with Gasteiger partial charge in [-0.1, -0.05) is 30.3 Å². The lowest BCUT2D eigenvalue weighted by Gasteiger charge is -2.26. The third-order valence-corrected chi connectivity index (χ3v) is 3.44. The molecule has 3 heteroatoms. The molecule has 3 rings (SSSR count). The van der Waals surface area contributed by atoms with Crippen molar-refractivity contribution >= 4 is 5.69 Å². The van der Waals surface area contributed by atoms with Crippen molar-refractivity contribution in [2.75, 3.05) is 18.9 Å². The summed E-state index contributed by atoms with van der Waals surface area (Å²) in [6.45, 7) is 1.38. The maximum Gasteiger partial charge on any atom is 0.142 e. The summed E-state index contributed by atoms with van der Waals surface area (Å²) in [7, 11) is 0. The Bertz CT molecular complexity index is 568. The van der Waals surface area contributed by atoms with E-state index in [-0.39, 0.29) is 0 Å². The third kappa shape index (κ3) is 2.50. The van der Waals surface area contributed by atoms with Crippen LogP contribution in [-0.2, 0) is 0 Å². The number of rotatable bonds is 3. The maximum absolute atomic E-state index is 5.88. The van der Waals surface area contributed by atoms with Gasteiger partial charge in [0, 0.05) is 11.5 Å². The zero-order valence-corrected chi connectivity index (χ0v) is 10.7. The van der Waals surface area contributed by atoms with Crippen LogP contribution in [0.25, 0.3) is 0 Å². The van der Waals surface area contributed by atoms with Crippen LogP contribution in [0, 0.1) is 0 Å². The molecule has 3 nitrogen and oxygen atoms in total. The van der Waals surface area contributed by atoms with Gasteiger partial charge in [0.1, 0.15) is 11.5 Å². The molecule has 0 amide bonds. The first-order valence-corrected chi connectivity index (χ1v) is 6.53. The SMILES string of the molecule is Nc1ccccc1OCC1CCOc2ccccc21. The van der Waals surface area contributed by atoms with E-state index in [1.54, 1.807) is 0 Å². The monoisotopic (exact) mass is 255 g/mol. The topological polar surface area (TPSA) is 44.5 Å². The second-order valence-electron chi connectivity index (χ2n) is 4.72. The second-order valence-corrected chi connectivity index (χ2v) is 4.72. The van der Waals surface area contributed by atoms with Gasteiger partial charge in [0.05, 0.1) is 18.9 Å². The molecule has 0 aliphatic carbocycles. The molecule has 0 bridgehead atoms. The lowest BCUT2D eigenvalue weighted by Crippen LogP contribution is -2.19. The first-order chi connectivity index (χ1) is 9.34. The Labute approximate surface area is 113 Å². The normalized spacial score (nSPS) is 17.4. The van der Waals surface area contributed by atoms with Crippen LogP contribution < -0.4 is 15.2 Å². The number of anilines is 1. The Morgan fingerprint density at radius 3 is 2.79 bits per heavy atom. The Hall–Kier alpha value is -2.16. The average Bonchev–Trinajstić information content (AvgIpc) is 2.46. The Morgan fingerprint density at radius 1 is 1.11 bits per heavy atom. The van der Waals surface area contributed by atoms with Crippen LogP contribution in [-0.4, -0.2) is 13.2 Å². The summed E-state index contributed by atoms with van der Waals surface area (Å²) in [6.07, 6.45) is 0.976. The molecule has 0 fully saturated rings. The number of hydrogen-bond acceptors (Lipinski definition) is 3. The fraction of sp³-hybridized carbons (Fsp3) is 0.250. The van der Waals surface area contributed by atoms with Crippen molar-refractivity contribution in [1.29, 1.82) is 0 Å². The highest BCUT2D eigenvalue weighted by Crippen LogP contribution is 2.34. The molecule has 19 heavy (non-hydrogen) atoms. The van der Waals surface area contributed by atoms with Crippen LogP contribution in [0.2, 0.25) is 0 Å². The molecule has 1 aliphatic rings. The average molecular weight is 255 g/mol. The Balaban J connectivity index is 1.73. The van der Waals surface area contributed by atoms with Gasteiger partial charge in [-0.25, -0.2) is 0 Å². The molecule has 1 unspecified atom stereocenters. The molecule has 2 aromatic rings. The molecular formula is C16H17NO2. The summed E-state index contributed by atoms with van der Waals surface area (Å²) in [6, 6.07) is 15.8. The molecule has 0 saturated heterocycles. The van der Waals surface area contributed by atoms with E-state index in [9.17, 15) is 0 Å². The zero-order valence-electron chi connectivity index (χ0n) is 10.7. The van der Waals surface area contributed by atoms with Crippen LogP contribution in [0.3, 0.4) is 0 Å². The largest absolute Gasteiger partial charge is 0.493 e. The fourth-order valence-corrected chi connectivity index (χ4v) is 2.39. The summed E-state index contributed by atoms with van der Waals surface area (Å²) < 4.78 is 11.5. The molecule has 2 N–H and O–H groups in total. The Morgan fingerprint density at radius 2 is 1.89 bits per heavy atom. The number of ether oxygens (including phenoxy) is 2. The van der Waals surface area contributed by atoms with Crippen LogP contribution in [0.1, 0.15) is 17.9 Å². The summed E-state index contributed by atoms with van der Waals surface area (Å²) in [5, 5.41) is 0. The van der Waals surface area contributed by atoms with Crippen LogP contribution in [0.15, 0.2) is 48.5 Å². The van der Waals surface area contributed by atoms with Gasteiger partial charge in [0.15, 0.2) is 0 Å². The predicted octanol–water partition coefficient (Wildman–Crippen LogP) is 3.21. The molecule has 0 radical (unpaired) electrons. The summed E-state index contributed by atoms with van der Waals surface area (Å²) >= 11 is 0. The van der Waals surface area contributed by atoms with Gasteiger partial charge in [-0.15, -0.1) is 0 Å². The van der Waals surface area contributed by atoms with Crippen LogP contribution in [0.4, 0.5) is 5.69 Å². The van der Waals surface area contributed by atoms with Gasteiger partial charge in [0.2, 0.25) is 0 Å². The summed E-state index contributed by atoms with van der Waals surface area (Å²) in [4.78, 5) is 0. The minimum atomic E-state index is 0.365. The second kappa shape index (κ2) is 5.22. The number of para-hydroxylation sites is 3. The van der Waals surface area contributed by atoms with Gasteiger partial charge in [-0.2, -0.15) is 0 Å². The maximum atomic E-state index is 5.88. The van der Waals surface area contributed by atoms with Crippen LogP contribution >= 0.6 is 0 Å². The smallest absolute Gasteiger partial charge is 0.142 e. The highest BCUT2D eigenvalue weighted by Gasteiger charge is 2.21. The minimum absolute atomic E-state index is 0.365. The van der Waals surface area contributed by atoms with Gasteiger partial charge in [-0.05, 0) is 24.6 Å². The highest BCUT2D eigenvalue weighted by atomic mass is 16.5. The van der Waals surface area contributed by atoms with E-state index >= 15 is 0 Å². The number of fused-ring (bicyclic) bond motifs is 1. The lowest BCUT2D eigenvalue weighted by molar-refractivity contribution is 0.218. The first kappa shape index (κ1) is 11.9. The van der Waals surface area contributed by atoms with Crippen molar-refractivity contribution in [2.24, 2.45) is 0 Å². The molecule has 2 aromatic carbocycles. The predicted molar refractivity (Wildman–Crippen MR) is 75.6 cm³/mol. The summed E-state index contributed by atoms with van der Waals surface area (Å²) in [5.74, 6) is 2.10. The standard InChI is InChI=1S/C16H17NO2/c17-14-6-2-4-8-16(14)19-11-12-9-10-18-15-7-3-1-5-13(12)15/h1-8,12H,9-11,17H2. The quantitative estimate of drug-likeness (QED) is 0.856. The van der Waals surface area contributed by atoms with Crippen LogP contribution in [0.5, 0.6) is 11.5 Å². The molecule has 0 aromatic heterocycles. The zero-order chi connectivity index (χ0) is 13.1. The first-order valence-electron chi connectivity index (χ1n) is 6.53. The van der Waals surface area contributed by atoms with Crippen molar-refractivity contribution in [1.82, 2.24) is 0 Å². The minimum Gasteiger partial charge on any atom is -0.493 e. The molecule has 1 heterocycles. The highest BCUT2D eigenvalue weighted by molar-refractivity contribution is 5.51. The number of benzene rings is 2. The van der Waals surface area contributed by atoms with E-state index in [1.165, 1.54) is 5.56 Å². The van der Waals surface area contributed by atoms with Crippen molar-refractivity contribution in [3.05, 3.63) is 54.1 Å². The van der Waals surface area contributed by atoms with E-state index < -0.39 is 0 Å². The molecule has 1 aliphatic heterocycles. The number of nitrogens with two attached hydrogens (primary N) is 1. The van der Waals surface area contributed by atoms with Crippen molar-refractivity contribution in [3.63, 3.8) is 0 Å². The molecular weight excluding hydrogens is 238 g/mol. The van der Waals surface area contributed by atoms with Gasteiger partial charge >= 0.3 is 0 Å². The van der Waals surface area contributed by atoms with E-state index in [4.69, 9.17) is 15.2 Å². The molecule has 1 atom stereocenters. The van der Waals surface area contributed by atoms with Crippen molar-refractivity contribution in [3.8, 4) is 11.5 Å². The van der Waals surface area contributed by atoms with E-state index in [0.29, 0.717) is 18.2 Å². The number of nitrogen functional groups attached to an aromatic ring is 1. The lowest BCUT2D eigenvalue weighted by atomic mass is 9.94. The molecule has 98 valence electrons. The van der Waals surface area contributed by atoms with Crippen molar-refractivity contribution < 1.29 is 9.47 Å². The third-order valence-electron chi connectivity index (χ3n) is 3.44. The van der Waals surface area contributed by atoms with Gasteiger partial charge in [0.25, 0.3) is 0 Å².